The Hall–Kier alpha value is -0.850. The van der Waals surface area contributed by atoms with Crippen molar-refractivity contribution in [2.75, 3.05) is 13.6 Å². The molecule has 0 saturated carbocycles. The number of carbonyl (C=O) groups excluding carboxylic acids is 1. The molecular weight excluding hydrogens is 328 g/mol. The molecule has 0 fully saturated rings. The zero-order valence-electron chi connectivity index (χ0n) is 11.0. The van der Waals surface area contributed by atoms with E-state index in [0.717, 1.165) is 25.0 Å². The molecule has 1 aromatic carbocycles. The maximum Gasteiger partial charge on any atom is 0.264 e. The van der Waals surface area contributed by atoms with Crippen molar-refractivity contribution < 1.29 is 17.6 Å². The third kappa shape index (κ3) is 4.07. The smallest absolute Gasteiger partial charge is 0.264 e. The van der Waals surface area contributed by atoms with Crippen molar-refractivity contribution in [3.8, 4) is 0 Å². The lowest BCUT2D eigenvalue weighted by molar-refractivity contribution is 0.0793. The van der Waals surface area contributed by atoms with Crippen LogP contribution < -0.4 is 0 Å². The molecule has 0 aliphatic rings. The molecule has 0 heterocycles. The van der Waals surface area contributed by atoms with Crippen LogP contribution in [0.1, 0.15) is 30.1 Å². The standard InChI is InChI=1S/C12H14Cl2FNO3S/c1-3-4-5-16(2)12(17)8-6-11(20(14,18)19)10(15)7-9(8)13/h6-7H,3-5H2,1-2H3. The summed E-state index contributed by atoms with van der Waals surface area (Å²) in [7, 11) is 2.40. The van der Waals surface area contributed by atoms with Gasteiger partial charge in [-0.3, -0.25) is 4.79 Å². The summed E-state index contributed by atoms with van der Waals surface area (Å²) in [6.45, 7) is 2.47. The van der Waals surface area contributed by atoms with E-state index in [4.69, 9.17) is 22.3 Å². The van der Waals surface area contributed by atoms with E-state index in [0.29, 0.717) is 6.54 Å². The van der Waals surface area contributed by atoms with Crippen LogP contribution in [-0.4, -0.2) is 32.8 Å². The van der Waals surface area contributed by atoms with E-state index in [1.54, 1.807) is 7.05 Å². The average molecular weight is 342 g/mol. The maximum atomic E-state index is 13.5. The van der Waals surface area contributed by atoms with Crippen LogP contribution in [0.15, 0.2) is 17.0 Å². The van der Waals surface area contributed by atoms with Crippen molar-refractivity contribution in [2.45, 2.75) is 24.7 Å². The molecule has 0 atom stereocenters. The summed E-state index contributed by atoms with van der Waals surface area (Å²) in [6, 6.07) is 1.64. The second-order valence-electron chi connectivity index (χ2n) is 4.28. The zero-order chi connectivity index (χ0) is 15.5. The van der Waals surface area contributed by atoms with Gasteiger partial charge in [0.25, 0.3) is 15.0 Å². The third-order valence-electron chi connectivity index (χ3n) is 2.71. The minimum Gasteiger partial charge on any atom is -0.342 e. The molecule has 0 radical (unpaired) electrons. The first kappa shape index (κ1) is 17.2. The number of hydrogen-bond donors (Lipinski definition) is 0. The predicted octanol–water partition coefficient (Wildman–Crippen LogP) is 3.28. The summed E-state index contributed by atoms with van der Waals surface area (Å²) in [6.07, 6.45) is 1.69. The van der Waals surface area contributed by atoms with Crippen LogP contribution in [0, 0.1) is 5.82 Å². The molecule has 1 rings (SSSR count). The Balaban J connectivity index is 3.22. The highest BCUT2D eigenvalue weighted by Gasteiger charge is 2.23. The van der Waals surface area contributed by atoms with Crippen LogP contribution in [0.2, 0.25) is 5.02 Å². The molecule has 8 heteroatoms. The predicted molar refractivity (Wildman–Crippen MR) is 76.3 cm³/mol. The van der Waals surface area contributed by atoms with Crippen LogP contribution in [0.25, 0.3) is 0 Å². The van der Waals surface area contributed by atoms with E-state index in [1.165, 1.54) is 4.90 Å². The molecule has 112 valence electrons. The van der Waals surface area contributed by atoms with E-state index in [1.807, 2.05) is 6.92 Å². The lowest BCUT2D eigenvalue weighted by Gasteiger charge is -2.18. The van der Waals surface area contributed by atoms with Gasteiger partial charge in [-0.15, -0.1) is 0 Å². The van der Waals surface area contributed by atoms with Crippen LogP contribution in [-0.2, 0) is 9.05 Å². The van der Waals surface area contributed by atoms with Gasteiger partial charge in [0, 0.05) is 24.3 Å². The highest BCUT2D eigenvalue weighted by molar-refractivity contribution is 8.13. The van der Waals surface area contributed by atoms with Gasteiger partial charge in [0.1, 0.15) is 10.7 Å². The SMILES string of the molecule is CCCCN(C)C(=O)c1cc(S(=O)(=O)Cl)c(F)cc1Cl. The Morgan fingerprint density at radius 1 is 1.40 bits per heavy atom. The molecule has 4 nitrogen and oxygen atoms in total. The van der Waals surface area contributed by atoms with Crippen LogP contribution >= 0.6 is 22.3 Å². The molecule has 0 aliphatic carbocycles. The highest BCUT2D eigenvalue weighted by atomic mass is 35.7. The Morgan fingerprint density at radius 3 is 2.50 bits per heavy atom. The van der Waals surface area contributed by atoms with Gasteiger partial charge in [0.05, 0.1) is 10.6 Å². The van der Waals surface area contributed by atoms with Gasteiger partial charge in [0.2, 0.25) is 0 Å². The number of halogens is 3. The first-order chi connectivity index (χ1) is 9.18. The second-order valence-corrected chi connectivity index (χ2v) is 7.22. The first-order valence-electron chi connectivity index (χ1n) is 5.87. The molecule has 1 aromatic rings. The summed E-state index contributed by atoms with van der Waals surface area (Å²) in [5.74, 6) is -1.57. The third-order valence-corrected chi connectivity index (χ3v) is 4.36. The second kappa shape index (κ2) is 6.74. The first-order valence-corrected chi connectivity index (χ1v) is 8.56. The van der Waals surface area contributed by atoms with Gasteiger partial charge in [-0.25, -0.2) is 12.8 Å². The monoisotopic (exact) mass is 341 g/mol. The van der Waals surface area contributed by atoms with E-state index >= 15 is 0 Å². The van der Waals surface area contributed by atoms with Crippen molar-refractivity contribution in [2.24, 2.45) is 0 Å². The largest absolute Gasteiger partial charge is 0.342 e. The van der Waals surface area contributed by atoms with Gasteiger partial charge in [-0.05, 0) is 18.6 Å². The van der Waals surface area contributed by atoms with Crippen molar-refractivity contribution in [3.63, 3.8) is 0 Å². The number of rotatable bonds is 5. The minimum absolute atomic E-state index is 0.0918. The van der Waals surface area contributed by atoms with Crippen molar-refractivity contribution >= 4 is 37.2 Å². The van der Waals surface area contributed by atoms with Gasteiger partial charge in [-0.2, -0.15) is 0 Å². The van der Waals surface area contributed by atoms with Crippen molar-refractivity contribution in [1.29, 1.82) is 0 Å². The number of carbonyl (C=O) groups is 1. The molecule has 0 saturated heterocycles. The van der Waals surface area contributed by atoms with E-state index in [9.17, 15) is 17.6 Å². The van der Waals surface area contributed by atoms with Gasteiger partial charge < -0.3 is 4.90 Å². The fourth-order valence-corrected chi connectivity index (χ4v) is 2.72. The fourth-order valence-electron chi connectivity index (χ4n) is 1.58. The number of unbranched alkanes of at least 4 members (excludes halogenated alkanes) is 1. The Labute approximate surface area is 126 Å². The van der Waals surface area contributed by atoms with Gasteiger partial charge in [-0.1, -0.05) is 24.9 Å². The summed E-state index contributed by atoms with van der Waals surface area (Å²) >= 11 is 5.80. The van der Waals surface area contributed by atoms with Crippen molar-refractivity contribution in [1.82, 2.24) is 4.90 Å². The lowest BCUT2D eigenvalue weighted by Crippen LogP contribution is -2.28. The molecule has 20 heavy (non-hydrogen) atoms. The summed E-state index contributed by atoms with van der Waals surface area (Å²) < 4.78 is 36.0. The molecule has 0 aromatic heterocycles. The van der Waals surface area contributed by atoms with E-state index in [-0.39, 0.29) is 10.6 Å². The minimum atomic E-state index is -4.28. The number of amides is 1. The van der Waals surface area contributed by atoms with Gasteiger partial charge >= 0.3 is 0 Å². The molecule has 0 N–H and O–H groups in total. The summed E-state index contributed by atoms with van der Waals surface area (Å²) in [5.41, 5.74) is -0.0918. The quantitative estimate of drug-likeness (QED) is 0.772. The normalized spacial score (nSPS) is 11.4. The summed E-state index contributed by atoms with van der Waals surface area (Å²) in [4.78, 5) is 12.8. The van der Waals surface area contributed by atoms with Crippen LogP contribution in [0.4, 0.5) is 4.39 Å². The Morgan fingerprint density at radius 2 is 2.00 bits per heavy atom. The van der Waals surface area contributed by atoms with Crippen LogP contribution in [0.3, 0.4) is 0 Å². The van der Waals surface area contributed by atoms with Crippen molar-refractivity contribution in [3.05, 3.63) is 28.5 Å². The average Bonchev–Trinajstić information content (AvgIpc) is 2.33. The number of benzene rings is 1. The molecule has 0 bridgehead atoms. The fraction of sp³-hybridized carbons (Fsp3) is 0.417. The van der Waals surface area contributed by atoms with E-state index < -0.39 is 25.7 Å². The molecule has 0 unspecified atom stereocenters. The zero-order valence-corrected chi connectivity index (χ0v) is 13.3. The Kier molecular flexibility index (Phi) is 5.79. The molecular formula is C12H14Cl2FNO3S. The highest BCUT2D eigenvalue weighted by Crippen LogP contribution is 2.27. The van der Waals surface area contributed by atoms with E-state index in [2.05, 4.69) is 0 Å². The topological polar surface area (TPSA) is 54.5 Å². The lowest BCUT2D eigenvalue weighted by atomic mass is 10.2. The van der Waals surface area contributed by atoms with Gasteiger partial charge in [0.15, 0.2) is 0 Å². The molecule has 1 amide bonds. The molecule has 0 aliphatic heterocycles. The number of nitrogens with zero attached hydrogens (tertiary/aromatic N) is 1. The maximum absolute atomic E-state index is 13.5. The summed E-state index contributed by atoms with van der Waals surface area (Å²) in [5, 5.41) is -0.153. The molecule has 0 spiro atoms. The number of hydrogen-bond acceptors (Lipinski definition) is 3. The van der Waals surface area contributed by atoms with Crippen LogP contribution in [0.5, 0.6) is 0 Å². The Bertz CT molecular complexity index is 619.